The Kier molecular flexibility index (Phi) is 4.09. The van der Waals surface area contributed by atoms with Gasteiger partial charge in [0, 0.05) is 13.4 Å². The van der Waals surface area contributed by atoms with Crippen LogP contribution >= 0.6 is 46.1 Å². The summed E-state index contributed by atoms with van der Waals surface area (Å²) >= 11 is 6.00. The van der Waals surface area contributed by atoms with Gasteiger partial charge >= 0.3 is 0 Å². The first-order chi connectivity index (χ1) is 5.29. The van der Waals surface area contributed by atoms with Crippen molar-refractivity contribution in [2.24, 2.45) is 0 Å². The Labute approximate surface area is 89.7 Å². The molecule has 60 valence electrons. The van der Waals surface area contributed by atoms with Gasteiger partial charge in [0.05, 0.1) is 0 Å². The summed E-state index contributed by atoms with van der Waals surface area (Å²) in [5, 5.41) is 0. The average Bonchev–Trinajstić information content (AvgIpc) is 2.04. The van der Waals surface area contributed by atoms with E-state index < -0.39 is 0 Å². The average molecular weight is 296 g/mol. The van der Waals surface area contributed by atoms with Crippen LogP contribution in [0.3, 0.4) is 0 Å². The van der Waals surface area contributed by atoms with E-state index in [1.54, 1.807) is 0 Å². The van der Waals surface area contributed by atoms with E-state index in [1.807, 2.05) is 23.5 Å². The summed E-state index contributed by atoms with van der Waals surface area (Å²) in [5.41, 5.74) is 0. The molecule has 0 unspecified atom stereocenters. The van der Waals surface area contributed by atoms with Crippen LogP contribution in [0.25, 0.3) is 0 Å². The first-order valence-electron chi connectivity index (χ1n) is 3.16. The summed E-state index contributed by atoms with van der Waals surface area (Å²) in [6, 6.07) is 6.41. The molecule has 0 N–H and O–H groups in total. The first-order valence-corrected chi connectivity index (χ1v) is 6.69. The van der Waals surface area contributed by atoms with E-state index in [0.717, 1.165) is 0 Å². The molecule has 0 spiro atoms. The van der Waals surface area contributed by atoms with E-state index in [-0.39, 0.29) is 0 Å². The highest BCUT2D eigenvalue weighted by atomic mass is 127. The lowest BCUT2D eigenvalue weighted by atomic mass is 10.4. The Bertz CT molecular complexity index is 248. The van der Waals surface area contributed by atoms with Crippen molar-refractivity contribution in [2.45, 2.75) is 9.79 Å². The highest BCUT2D eigenvalue weighted by Crippen LogP contribution is 2.31. The van der Waals surface area contributed by atoms with Gasteiger partial charge in [-0.05, 0) is 47.2 Å². The van der Waals surface area contributed by atoms with E-state index in [2.05, 4.69) is 53.3 Å². The fraction of sp³-hybridized carbons (Fsp3) is 0.250. The summed E-state index contributed by atoms with van der Waals surface area (Å²) in [6.45, 7) is 0. The van der Waals surface area contributed by atoms with Crippen LogP contribution in [0.15, 0.2) is 28.0 Å². The number of rotatable bonds is 2. The van der Waals surface area contributed by atoms with E-state index >= 15 is 0 Å². The zero-order valence-electron chi connectivity index (χ0n) is 6.43. The lowest BCUT2D eigenvalue weighted by Gasteiger charge is -2.05. The monoisotopic (exact) mass is 296 g/mol. The Morgan fingerprint density at radius 1 is 1.18 bits per heavy atom. The lowest BCUT2D eigenvalue weighted by molar-refractivity contribution is 1.22. The number of thioether (sulfide) groups is 2. The third-order valence-electron chi connectivity index (χ3n) is 1.35. The van der Waals surface area contributed by atoms with Crippen molar-refractivity contribution in [3.05, 3.63) is 21.8 Å². The summed E-state index contributed by atoms with van der Waals surface area (Å²) in [4.78, 5) is 2.78. The van der Waals surface area contributed by atoms with Crippen LogP contribution < -0.4 is 0 Å². The quantitative estimate of drug-likeness (QED) is 0.602. The minimum Gasteiger partial charge on any atom is -0.128 e. The molecule has 1 aromatic carbocycles. The molecular weight excluding hydrogens is 287 g/mol. The summed E-state index contributed by atoms with van der Waals surface area (Å²) in [6.07, 6.45) is 4.24. The first kappa shape index (κ1) is 9.74. The zero-order chi connectivity index (χ0) is 8.27. The van der Waals surface area contributed by atoms with Crippen molar-refractivity contribution >= 4 is 46.1 Å². The standard InChI is InChI=1S/C8H9IS2/c1-10-7-5-3-4-6(9)8(7)11-2/h3-5H,1-2H3. The predicted molar refractivity (Wildman–Crippen MR) is 62.7 cm³/mol. The maximum Gasteiger partial charge on any atom is 0.0339 e. The molecule has 0 aromatic heterocycles. The molecule has 0 bridgehead atoms. The van der Waals surface area contributed by atoms with Gasteiger partial charge in [-0.25, -0.2) is 0 Å². The van der Waals surface area contributed by atoms with Crippen molar-refractivity contribution in [3.63, 3.8) is 0 Å². The van der Waals surface area contributed by atoms with Crippen molar-refractivity contribution in [1.29, 1.82) is 0 Å². The number of benzene rings is 1. The highest BCUT2D eigenvalue weighted by molar-refractivity contribution is 14.1. The maximum absolute atomic E-state index is 2.38. The van der Waals surface area contributed by atoms with Gasteiger partial charge in [0.15, 0.2) is 0 Å². The molecule has 0 amide bonds. The minimum atomic E-state index is 1.35. The molecule has 0 aliphatic carbocycles. The van der Waals surface area contributed by atoms with Crippen molar-refractivity contribution < 1.29 is 0 Å². The van der Waals surface area contributed by atoms with Crippen LogP contribution in [-0.4, -0.2) is 12.5 Å². The smallest absolute Gasteiger partial charge is 0.0339 e. The summed E-state index contributed by atoms with van der Waals surface area (Å²) in [7, 11) is 0. The molecule has 0 nitrogen and oxygen atoms in total. The Hall–Kier alpha value is 0.650. The molecule has 11 heavy (non-hydrogen) atoms. The molecule has 0 aliphatic heterocycles. The predicted octanol–water partition coefficient (Wildman–Crippen LogP) is 3.74. The van der Waals surface area contributed by atoms with Crippen LogP contribution in [0.2, 0.25) is 0 Å². The number of halogens is 1. The van der Waals surface area contributed by atoms with Crippen molar-refractivity contribution in [1.82, 2.24) is 0 Å². The van der Waals surface area contributed by atoms with Crippen LogP contribution in [0.1, 0.15) is 0 Å². The van der Waals surface area contributed by atoms with Gasteiger partial charge < -0.3 is 0 Å². The molecule has 0 atom stereocenters. The van der Waals surface area contributed by atoms with Gasteiger partial charge in [-0.1, -0.05) is 6.07 Å². The topological polar surface area (TPSA) is 0 Å². The van der Waals surface area contributed by atoms with Gasteiger partial charge in [-0.15, -0.1) is 23.5 Å². The number of hydrogen-bond donors (Lipinski definition) is 0. The largest absolute Gasteiger partial charge is 0.128 e. The third kappa shape index (κ3) is 2.29. The molecular formula is C8H9IS2. The Morgan fingerprint density at radius 2 is 1.91 bits per heavy atom. The van der Waals surface area contributed by atoms with E-state index in [4.69, 9.17) is 0 Å². The molecule has 0 aliphatic rings. The molecule has 3 heteroatoms. The van der Waals surface area contributed by atoms with Crippen LogP contribution in [-0.2, 0) is 0 Å². The second-order valence-corrected chi connectivity index (χ2v) is 4.80. The summed E-state index contributed by atoms with van der Waals surface area (Å²) in [5.74, 6) is 0. The molecule has 0 heterocycles. The van der Waals surface area contributed by atoms with Crippen molar-refractivity contribution in [3.8, 4) is 0 Å². The Morgan fingerprint density at radius 3 is 2.36 bits per heavy atom. The minimum absolute atomic E-state index is 1.35. The third-order valence-corrected chi connectivity index (χ3v) is 4.38. The molecule has 1 aromatic rings. The van der Waals surface area contributed by atoms with Gasteiger partial charge in [-0.3, -0.25) is 0 Å². The van der Waals surface area contributed by atoms with Crippen LogP contribution in [0, 0.1) is 3.57 Å². The summed E-state index contributed by atoms with van der Waals surface area (Å²) < 4.78 is 1.35. The van der Waals surface area contributed by atoms with Gasteiger partial charge in [-0.2, -0.15) is 0 Å². The fourth-order valence-electron chi connectivity index (χ4n) is 0.848. The normalized spacial score (nSPS) is 10.1. The van der Waals surface area contributed by atoms with Crippen LogP contribution in [0.4, 0.5) is 0 Å². The van der Waals surface area contributed by atoms with Gasteiger partial charge in [0.1, 0.15) is 0 Å². The Balaban J connectivity index is 3.13. The zero-order valence-corrected chi connectivity index (χ0v) is 10.2. The molecule has 0 fully saturated rings. The molecule has 0 saturated heterocycles. The molecule has 0 saturated carbocycles. The lowest BCUT2D eigenvalue weighted by Crippen LogP contribution is -1.80. The second-order valence-electron chi connectivity index (χ2n) is 1.98. The maximum atomic E-state index is 2.38. The van der Waals surface area contributed by atoms with Crippen LogP contribution in [0.5, 0.6) is 0 Å². The van der Waals surface area contributed by atoms with Crippen molar-refractivity contribution in [2.75, 3.05) is 12.5 Å². The van der Waals surface area contributed by atoms with Gasteiger partial charge in [0.2, 0.25) is 0 Å². The highest BCUT2D eigenvalue weighted by Gasteiger charge is 2.02. The fourth-order valence-corrected chi connectivity index (χ4v) is 3.73. The molecule has 1 rings (SSSR count). The second kappa shape index (κ2) is 4.62. The van der Waals surface area contributed by atoms with E-state index in [1.165, 1.54) is 13.4 Å². The van der Waals surface area contributed by atoms with E-state index in [0.29, 0.717) is 0 Å². The van der Waals surface area contributed by atoms with E-state index in [9.17, 15) is 0 Å². The number of hydrogen-bond acceptors (Lipinski definition) is 2. The van der Waals surface area contributed by atoms with Gasteiger partial charge in [0.25, 0.3) is 0 Å². The SMILES string of the molecule is CSc1cccc(I)c1SC. The molecule has 0 radical (unpaired) electrons.